The van der Waals surface area contributed by atoms with Crippen molar-refractivity contribution in [1.82, 2.24) is 9.88 Å². The third kappa shape index (κ3) is 3.63. The normalized spacial score (nSPS) is 14.8. The SMILES string of the molecule is Cl.Nc1ncc(CN2CCOc3ccc(Br)cc3C2)s1. The average Bonchev–Trinajstić information content (AvgIpc) is 2.67. The van der Waals surface area contributed by atoms with E-state index in [9.17, 15) is 0 Å². The number of nitrogen functional groups attached to an aromatic ring is 1. The third-order valence-corrected chi connectivity index (χ3v) is 4.34. The van der Waals surface area contributed by atoms with Crippen LogP contribution in [0.25, 0.3) is 0 Å². The minimum Gasteiger partial charge on any atom is -0.492 e. The number of fused-ring (bicyclic) bond motifs is 1. The molecule has 7 heteroatoms. The molecule has 0 aliphatic carbocycles. The Morgan fingerprint density at radius 1 is 1.45 bits per heavy atom. The van der Waals surface area contributed by atoms with Gasteiger partial charge in [-0.2, -0.15) is 0 Å². The zero-order chi connectivity index (χ0) is 13.2. The lowest BCUT2D eigenvalue weighted by Crippen LogP contribution is -2.24. The summed E-state index contributed by atoms with van der Waals surface area (Å²) in [6.07, 6.45) is 1.85. The maximum Gasteiger partial charge on any atom is 0.180 e. The van der Waals surface area contributed by atoms with Gasteiger partial charge in [0.2, 0.25) is 0 Å². The molecule has 20 heavy (non-hydrogen) atoms. The molecule has 0 unspecified atom stereocenters. The van der Waals surface area contributed by atoms with E-state index in [1.54, 1.807) is 11.3 Å². The quantitative estimate of drug-likeness (QED) is 0.873. The van der Waals surface area contributed by atoms with Gasteiger partial charge in [0.15, 0.2) is 5.13 Å². The number of anilines is 1. The second kappa shape index (κ2) is 6.76. The van der Waals surface area contributed by atoms with Gasteiger partial charge in [0, 0.05) is 40.7 Å². The van der Waals surface area contributed by atoms with Gasteiger partial charge >= 0.3 is 0 Å². The summed E-state index contributed by atoms with van der Waals surface area (Å²) in [5.41, 5.74) is 6.88. The Kier molecular flexibility index (Phi) is 5.26. The summed E-state index contributed by atoms with van der Waals surface area (Å²) in [5.74, 6) is 0.981. The number of aromatic nitrogens is 1. The number of hydrogen-bond donors (Lipinski definition) is 1. The third-order valence-electron chi connectivity index (χ3n) is 3.03. The van der Waals surface area contributed by atoms with Crippen LogP contribution in [-0.2, 0) is 13.1 Å². The molecule has 3 rings (SSSR count). The van der Waals surface area contributed by atoms with Gasteiger partial charge in [-0.1, -0.05) is 15.9 Å². The predicted octanol–water partition coefficient (Wildman–Crippen LogP) is 3.30. The summed E-state index contributed by atoms with van der Waals surface area (Å²) in [5, 5.41) is 0.629. The van der Waals surface area contributed by atoms with Crippen molar-refractivity contribution in [3.8, 4) is 5.75 Å². The van der Waals surface area contributed by atoms with Gasteiger partial charge in [0.25, 0.3) is 0 Å². The van der Waals surface area contributed by atoms with E-state index in [2.05, 4.69) is 31.9 Å². The van der Waals surface area contributed by atoms with Gasteiger partial charge in [-0.15, -0.1) is 23.7 Å². The molecule has 0 atom stereocenters. The Bertz CT molecular complexity index is 593. The molecule has 0 bridgehead atoms. The van der Waals surface area contributed by atoms with Crippen LogP contribution >= 0.6 is 39.7 Å². The van der Waals surface area contributed by atoms with E-state index in [4.69, 9.17) is 10.5 Å². The zero-order valence-corrected chi connectivity index (χ0v) is 13.9. The minimum atomic E-state index is 0. The van der Waals surface area contributed by atoms with Crippen LogP contribution in [0.3, 0.4) is 0 Å². The molecule has 4 nitrogen and oxygen atoms in total. The topological polar surface area (TPSA) is 51.4 Å². The van der Waals surface area contributed by atoms with Crippen LogP contribution in [-0.4, -0.2) is 23.0 Å². The number of hydrogen-bond acceptors (Lipinski definition) is 5. The highest BCUT2D eigenvalue weighted by Crippen LogP contribution is 2.27. The first-order valence-electron chi connectivity index (χ1n) is 6.04. The van der Waals surface area contributed by atoms with Gasteiger partial charge < -0.3 is 10.5 Å². The molecule has 1 aliphatic rings. The zero-order valence-electron chi connectivity index (χ0n) is 10.7. The fourth-order valence-corrected chi connectivity index (χ4v) is 3.30. The van der Waals surface area contributed by atoms with E-state index in [1.165, 1.54) is 10.4 Å². The molecule has 0 fully saturated rings. The number of benzene rings is 1. The number of rotatable bonds is 2. The number of nitrogens with zero attached hydrogens (tertiary/aromatic N) is 2. The summed E-state index contributed by atoms with van der Waals surface area (Å²) >= 11 is 5.06. The molecule has 0 saturated heterocycles. The van der Waals surface area contributed by atoms with E-state index in [0.717, 1.165) is 29.9 Å². The van der Waals surface area contributed by atoms with E-state index in [-0.39, 0.29) is 12.4 Å². The molecule has 1 aliphatic heterocycles. The molecule has 0 radical (unpaired) electrons. The maximum atomic E-state index is 5.78. The van der Waals surface area contributed by atoms with Crippen molar-refractivity contribution in [1.29, 1.82) is 0 Å². The van der Waals surface area contributed by atoms with Crippen LogP contribution in [0, 0.1) is 0 Å². The van der Waals surface area contributed by atoms with Crippen molar-refractivity contribution in [3.63, 3.8) is 0 Å². The first kappa shape index (κ1) is 15.6. The van der Waals surface area contributed by atoms with Gasteiger partial charge in [-0.25, -0.2) is 4.98 Å². The van der Waals surface area contributed by atoms with Crippen molar-refractivity contribution in [2.45, 2.75) is 13.1 Å². The van der Waals surface area contributed by atoms with Crippen molar-refractivity contribution in [2.75, 3.05) is 18.9 Å². The summed E-state index contributed by atoms with van der Waals surface area (Å²) in [6, 6.07) is 6.15. The van der Waals surface area contributed by atoms with Crippen LogP contribution in [0.15, 0.2) is 28.9 Å². The van der Waals surface area contributed by atoms with Crippen molar-refractivity contribution < 1.29 is 4.74 Å². The number of halogens is 2. The number of nitrogens with two attached hydrogens (primary N) is 1. The van der Waals surface area contributed by atoms with E-state index in [1.807, 2.05) is 18.3 Å². The van der Waals surface area contributed by atoms with Crippen molar-refractivity contribution in [3.05, 3.63) is 39.3 Å². The lowest BCUT2D eigenvalue weighted by molar-refractivity contribution is 0.221. The Morgan fingerprint density at radius 3 is 3.05 bits per heavy atom. The molecule has 0 amide bonds. The summed E-state index contributed by atoms with van der Waals surface area (Å²) in [4.78, 5) is 7.64. The lowest BCUT2D eigenvalue weighted by atomic mass is 10.2. The van der Waals surface area contributed by atoms with Crippen molar-refractivity contribution >= 4 is 44.8 Å². The monoisotopic (exact) mass is 375 g/mol. The molecule has 0 saturated carbocycles. The minimum absolute atomic E-state index is 0. The maximum absolute atomic E-state index is 5.78. The molecule has 0 spiro atoms. The first-order chi connectivity index (χ1) is 9.20. The first-order valence-corrected chi connectivity index (χ1v) is 7.65. The molecule has 2 heterocycles. The van der Waals surface area contributed by atoms with Crippen molar-refractivity contribution in [2.24, 2.45) is 0 Å². The highest BCUT2D eigenvalue weighted by Gasteiger charge is 2.16. The highest BCUT2D eigenvalue weighted by molar-refractivity contribution is 9.10. The fourth-order valence-electron chi connectivity index (χ4n) is 2.17. The van der Waals surface area contributed by atoms with Gasteiger partial charge in [-0.05, 0) is 18.2 Å². The largest absolute Gasteiger partial charge is 0.492 e. The molecular weight excluding hydrogens is 362 g/mol. The summed E-state index contributed by atoms with van der Waals surface area (Å²) in [6.45, 7) is 3.36. The van der Waals surface area contributed by atoms with Crippen LogP contribution < -0.4 is 10.5 Å². The molecule has 1 aromatic heterocycles. The second-order valence-corrected chi connectivity index (χ2v) is 6.54. The highest BCUT2D eigenvalue weighted by atomic mass is 79.9. The summed E-state index contributed by atoms with van der Waals surface area (Å²) in [7, 11) is 0. The van der Waals surface area contributed by atoms with Crippen LogP contribution in [0.2, 0.25) is 0 Å². The Hall–Kier alpha value is -0.820. The Morgan fingerprint density at radius 2 is 2.30 bits per heavy atom. The molecule has 108 valence electrons. The number of thiazole rings is 1. The van der Waals surface area contributed by atoms with Gasteiger partial charge in [0.05, 0.1) is 0 Å². The van der Waals surface area contributed by atoms with Gasteiger partial charge in [0.1, 0.15) is 12.4 Å². The van der Waals surface area contributed by atoms with Gasteiger partial charge in [-0.3, -0.25) is 4.90 Å². The standard InChI is InChI=1S/C13H14BrN3OS.ClH/c14-10-1-2-12-9(5-10)7-17(3-4-18-12)8-11-6-16-13(15)19-11;/h1-2,5-6H,3-4,7-8H2,(H2,15,16);1H. The van der Waals surface area contributed by atoms with Crippen LogP contribution in [0.4, 0.5) is 5.13 Å². The molecule has 2 N–H and O–H groups in total. The fraction of sp³-hybridized carbons (Fsp3) is 0.308. The molecular formula is C13H15BrClN3OS. The Balaban J connectivity index is 0.00000147. The van der Waals surface area contributed by atoms with Crippen LogP contribution in [0.5, 0.6) is 5.75 Å². The lowest BCUT2D eigenvalue weighted by Gasteiger charge is -2.17. The Labute approximate surface area is 136 Å². The second-order valence-electron chi connectivity index (χ2n) is 4.48. The summed E-state index contributed by atoms with van der Waals surface area (Å²) < 4.78 is 6.86. The predicted molar refractivity (Wildman–Crippen MR) is 87.5 cm³/mol. The number of ether oxygens (including phenoxy) is 1. The molecule has 2 aromatic rings. The van der Waals surface area contributed by atoms with E-state index < -0.39 is 0 Å². The average molecular weight is 377 g/mol. The van der Waals surface area contributed by atoms with Crippen LogP contribution in [0.1, 0.15) is 10.4 Å². The van der Waals surface area contributed by atoms with E-state index in [0.29, 0.717) is 11.7 Å². The molecule has 1 aromatic carbocycles. The van der Waals surface area contributed by atoms with E-state index >= 15 is 0 Å². The smallest absolute Gasteiger partial charge is 0.180 e.